The summed E-state index contributed by atoms with van der Waals surface area (Å²) < 4.78 is 129. The van der Waals surface area contributed by atoms with Crippen molar-refractivity contribution < 1.29 is 70.9 Å². The molecule has 4 atom stereocenters. The van der Waals surface area contributed by atoms with Crippen molar-refractivity contribution in [2.24, 2.45) is 27.2 Å². The number of amides is 1. The fourth-order valence-corrected chi connectivity index (χ4v) is 8.31. The first-order valence-corrected chi connectivity index (χ1v) is 30.2. The van der Waals surface area contributed by atoms with Gasteiger partial charge in [0.15, 0.2) is 0 Å². The van der Waals surface area contributed by atoms with Crippen LogP contribution in [-0.2, 0) is 59.5 Å². The van der Waals surface area contributed by atoms with E-state index in [4.69, 9.17) is 44.9 Å². The molecule has 0 bridgehead atoms. The molecule has 1 amide bonds. The van der Waals surface area contributed by atoms with E-state index in [1.807, 2.05) is 34.6 Å². The lowest BCUT2D eigenvalue weighted by Crippen LogP contribution is -2.41. The lowest BCUT2D eigenvalue weighted by molar-refractivity contribution is -0.148. The summed E-state index contributed by atoms with van der Waals surface area (Å²) in [5.41, 5.74) is 20.8. The predicted molar refractivity (Wildman–Crippen MR) is 299 cm³/mol. The van der Waals surface area contributed by atoms with Gasteiger partial charge in [-0.2, -0.15) is 33.7 Å². The van der Waals surface area contributed by atoms with E-state index in [1.54, 1.807) is 62.4 Å². The van der Waals surface area contributed by atoms with E-state index < -0.39 is 46.5 Å². The molecule has 1 saturated heterocycles. The van der Waals surface area contributed by atoms with Gasteiger partial charge in [-0.05, 0) is 136 Å². The van der Waals surface area contributed by atoms with Crippen molar-refractivity contribution in [1.82, 2.24) is 10.2 Å². The second-order valence-electron chi connectivity index (χ2n) is 17.8. The first-order valence-electron chi connectivity index (χ1n) is 24.5. The average molecular weight is 1170 g/mol. The summed E-state index contributed by atoms with van der Waals surface area (Å²) >= 11 is 0. The molecule has 1 heterocycles. The van der Waals surface area contributed by atoms with Crippen molar-refractivity contribution >= 4 is 64.0 Å². The molecule has 0 aromatic heterocycles. The third-order valence-corrected chi connectivity index (χ3v) is 14.2. The number of carbonyl (C=O) groups excluding carboxylic acids is 2. The van der Waals surface area contributed by atoms with Crippen LogP contribution in [0, 0.1) is 27.7 Å². The van der Waals surface area contributed by atoms with E-state index >= 15 is 0 Å². The van der Waals surface area contributed by atoms with E-state index in [0.29, 0.717) is 57.5 Å². The molecule has 23 nitrogen and oxygen atoms in total. The number of nitrogens with two attached hydrogens (primary N) is 3. The molecule has 4 unspecified atom stereocenters. The number of carbonyl (C=O) groups is 2. The third-order valence-electron chi connectivity index (χ3n) is 10.7. The number of esters is 1. The summed E-state index contributed by atoms with van der Waals surface area (Å²) in [7, 11) is -16.1. The summed E-state index contributed by atoms with van der Waals surface area (Å²) in [4.78, 5) is 34.6. The first-order chi connectivity index (χ1) is 36.3. The van der Waals surface area contributed by atoms with E-state index in [0.717, 1.165) is 60.9 Å². The molecule has 0 spiro atoms. The lowest BCUT2D eigenvalue weighted by Gasteiger charge is -2.17. The van der Waals surface area contributed by atoms with Crippen molar-refractivity contribution in [2.75, 3.05) is 46.0 Å². The van der Waals surface area contributed by atoms with Gasteiger partial charge >= 0.3 is 5.97 Å². The van der Waals surface area contributed by atoms with Crippen LogP contribution in [0.1, 0.15) is 81.5 Å². The fraction of sp³-hybridized carbons (Fsp3) is 0.451. The van der Waals surface area contributed by atoms with Gasteiger partial charge in [-0.3, -0.25) is 42.7 Å². The zero-order chi connectivity index (χ0) is 59.3. The minimum atomic E-state index is -4.02. The molecule has 4 aromatic carbocycles. The highest BCUT2D eigenvalue weighted by molar-refractivity contribution is 7.86. The highest BCUT2D eigenvalue weighted by Crippen LogP contribution is 2.26. The van der Waals surface area contributed by atoms with Gasteiger partial charge in [0.1, 0.15) is 6.04 Å². The van der Waals surface area contributed by atoms with Crippen LogP contribution in [0.25, 0.3) is 0 Å². The summed E-state index contributed by atoms with van der Waals surface area (Å²) in [6.07, 6.45) is 4.75. The van der Waals surface area contributed by atoms with Gasteiger partial charge in [-0.1, -0.05) is 70.8 Å². The van der Waals surface area contributed by atoms with Crippen molar-refractivity contribution in [1.29, 1.82) is 0 Å². The summed E-state index contributed by atoms with van der Waals surface area (Å²) in [6.45, 7) is 16.5. The highest BCUT2D eigenvalue weighted by atomic mass is 32.2. The van der Waals surface area contributed by atoms with Gasteiger partial charge in [-0.25, -0.2) is 0 Å². The van der Waals surface area contributed by atoms with Crippen LogP contribution in [-0.4, -0.2) is 144 Å². The zero-order valence-corrected chi connectivity index (χ0v) is 48.3. The summed E-state index contributed by atoms with van der Waals surface area (Å²) in [5, 5.41) is 2.81. The Kier molecular flexibility index (Phi) is 31.6. The zero-order valence-electron chi connectivity index (χ0n) is 45.1. The lowest BCUT2D eigenvalue weighted by atomic mass is 10.1. The number of benzene rings is 4. The summed E-state index contributed by atoms with van der Waals surface area (Å²) in [6, 6.07) is 23.4. The Bertz CT molecular complexity index is 2660. The molecule has 1 aliphatic heterocycles. The van der Waals surface area contributed by atoms with E-state index in [1.165, 1.54) is 48.5 Å². The second kappa shape index (κ2) is 35.0. The Morgan fingerprint density at radius 1 is 0.603 bits per heavy atom. The maximum atomic E-state index is 12.4. The molecule has 11 N–H and O–H groups in total. The quantitative estimate of drug-likeness (QED) is 0.0119. The van der Waals surface area contributed by atoms with E-state index in [2.05, 4.69) is 20.2 Å². The Balaban J connectivity index is 0.000000557. The number of hydrogen-bond acceptors (Lipinski definition) is 16. The Morgan fingerprint density at radius 3 is 1.24 bits per heavy atom. The van der Waals surface area contributed by atoms with Crippen LogP contribution in [0.3, 0.4) is 0 Å². The minimum Gasteiger partial charge on any atom is -0.465 e. The summed E-state index contributed by atoms with van der Waals surface area (Å²) in [5.74, 6) is 0.782. The van der Waals surface area contributed by atoms with Gasteiger partial charge in [0.2, 0.25) is 5.91 Å². The number of unbranched alkanes of at least 4 members (excludes halogenated alkanes) is 2. The monoisotopic (exact) mass is 1170 g/mol. The molecule has 78 heavy (non-hydrogen) atoms. The van der Waals surface area contributed by atoms with Gasteiger partial charge in [0.05, 0.1) is 57.1 Å². The van der Waals surface area contributed by atoms with Crippen LogP contribution < -0.4 is 22.5 Å². The van der Waals surface area contributed by atoms with Gasteiger partial charge in [0, 0.05) is 32.2 Å². The Hall–Kier alpha value is -5.72. The molecular formula is C51H77N7O16S4. The van der Waals surface area contributed by atoms with Crippen LogP contribution in [0.15, 0.2) is 127 Å². The normalized spacial score (nSPS) is 15.2. The van der Waals surface area contributed by atoms with Crippen LogP contribution in [0.5, 0.6) is 0 Å². The van der Waals surface area contributed by atoms with Gasteiger partial charge < -0.3 is 32.0 Å². The molecular weight excluding hydrogens is 1090 g/mol. The van der Waals surface area contributed by atoms with Crippen molar-refractivity contribution in [3.63, 3.8) is 0 Å². The molecule has 5 rings (SSSR count). The number of nitrogens with one attached hydrogen (secondary N) is 1. The number of hydrogen-bond donors (Lipinski definition) is 8. The molecule has 1 fully saturated rings. The van der Waals surface area contributed by atoms with E-state index in [9.17, 15) is 43.3 Å². The van der Waals surface area contributed by atoms with Crippen molar-refractivity contribution in [3.8, 4) is 0 Å². The minimum absolute atomic E-state index is 0.0666. The fourth-order valence-electron chi connectivity index (χ4n) is 6.39. The topological polar surface area (TPSA) is 388 Å². The standard InChI is InChI=1S/C23H45N7O4.4C7H8O3S/c1-4-34-23(32)21(10-6-8-12-28-18(3)25)30-15-19(30)16-33-14-13-29-22(31)20(26)9-5-7-11-27-17(2)24;4*1-6-2-4-7(5-3-6)11(8,9)10/h19-21H,4-16,26H2,1-3H3,(H2,24,27)(H2,25,28)(H,29,31);4*2-5H,1H3,(H,8,9,10). The van der Waals surface area contributed by atoms with E-state index in [-0.39, 0.29) is 43.5 Å². The molecule has 27 heteroatoms. The number of rotatable bonds is 23. The molecule has 0 radical (unpaired) electrons. The maximum Gasteiger partial charge on any atom is 0.323 e. The number of aryl methyl sites for hydroxylation is 4. The predicted octanol–water partition coefficient (Wildman–Crippen LogP) is 5.12. The van der Waals surface area contributed by atoms with Crippen molar-refractivity contribution in [2.45, 2.75) is 125 Å². The van der Waals surface area contributed by atoms with Gasteiger partial charge in [-0.15, -0.1) is 0 Å². The molecule has 4 aromatic rings. The average Bonchev–Trinajstić information content (AvgIpc) is 4.11. The maximum absolute atomic E-state index is 12.4. The van der Waals surface area contributed by atoms with Crippen LogP contribution in [0.2, 0.25) is 0 Å². The third kappa shape index (κ3) is 31.6. The molecule has 436 valence electrons. The number of amidine groups is 2. The Morgan fingerprint density at radius 2 is 0.936 bits per heavy atom. The first kappa shape index (κ1) is 70.3. The largest absolute Gasteiger partial charge is 0.465 e. The van der Waals surface area contributed by atoms with Crippen LogP contribution in [0.4, 0.5) is 0 Å². The second-order valence-corrected chi connectivity index (χ2v) is 23.5. The molecule has 0 aliphatic carbocycles. The van der Waals surface area contributed by atoms with Gasteiger partial charge in [0.25, 0.3) is 40.5 Å². The number of ether oxygens (including phenoxy) is 2. The Labute approximate surface area is 460 Å². The number of aliphatic imine (C=N–C) groups is 2. The number of nitrogens with zero attached hydrogens (tertiary/aromatic N) is 3. The highest BCUT2D eigenvalue weighted by Gasteiger charge is 2.43. The smallest absolute Gasteiger partial charge is 0.323 e. The molecule has 0 saturated carbocycles. The molecule has 1 aliphatic rings. The SMILES string of the molecule is CCOC(=O)C(CCCCN=C(C)N)N1CC1COCCNC(=O)C(N)CCCCN=C(C)N.Cc1ccc(S(=O)(=O)O)cc1.Cc1ccc(S(=O)(=O)O)cc1.Cc1ccc(S(=O)(=O)O)cc1.Cc1ccc(S(=O)(=O)O)cc1. The van der Waals surface area contributed by atoms with Crippen molar-refractivity contribution in [3.05, 3.63) is 119 Å². The van der Waals surface area contributed by atoms with Crippen LogP contribution >= 0.6 is 0 Å².